The highest BCUT2D eigenvalue weighted by Gasteiger charge is 2.10. The third kappa shape index (κ3) is 3.38. The van der Waals surface area contributed by atoms with Crippen molar-refractivity contribution in [1.82, 2.24) is 5.32 Å². The Balaban J connectivity index is 2.85. The zero-order valence-electron chi connectivity index (χ0n) is 8.96. The van der Waals surface area contributed by atoms with Crippen LogP contribution in [0.15, 0.2) is 18.2 Å². The number of methoxy groups -OCH3 is 1. The van der Waals surface area contributed by atoms with Crippen LogP contribution in [0.3, 0.4) is 0 Å². The van der Waals surface area contributed by atoms with E-state index < -0.39 is 0 Å². The van der Waals surface area contributed by atoms with E-state index >= 15 is 0 Å². The van der Waals surface area contributed by atoms with Gasteiger partial charge in [-0.05, 0) is 25.1 Å². The summed E-state index contributed by atoms with van der Waals surface area (Å²) in [6, 6.07) is 5.61. The summed E-state index contributed by atoms with van der Waals surface area (Å²) in [6.07, 6.45) is 0. The number of aliphatic hydroxyl groups is 1. The van der Waals surface area contributed by atoms with Crippen LogP contribution < -0.4 is 10.1 Å². The van der Waals surface area contributed by atoms with E-state index in [0.29, 0.717) is 11.6 Å². The molecule has 0 heterocycles. The number of benzene rings is 1. The van der Waals surface area contributed by atoms with Crippen LogP contribution in [0.2, 0.25) is 5.02 Å². The predicted octanol–water partition coefficient (Wildman–Crippen LogP) is 1.99. The number of aliphatic hydroxyl groups excluding tert-OH is 1. The Morgan fingerprint density at radius 1 is 1.53 bits per heavy atom. The van der Waals surface area contributed by atoms with Crippen LogP contribution in [0.1, 0.15) is 18.5 Å². The van der Waals surface area contributed by atoms with Gasteiger partial charge in [0.15, 0.2) is 0 Å². The normalized spacial score (nSPS) is 12.5. The minimum absolute atomic E-state index is 0.103. The Bertz CT molecular complexity index is 317. The zero-order chi connectivity index (χ0) is 11.3. The number of nitrogens with one attached hydrogen (secondary N) is 1. The first-order valence-electron chi connectivity index (χ1n) is 4.86. The van der Waals surface area contributed by atoms with Crippen molar-refractivity contribution < 1.29 is 9.84 Å². The van der Waals surface area contributed by atoms with Crippen molar-refractivity contribution in [1.29, 1.82) is 0 Å². The van der Waals surface area contributed by atoms with Crippen molar-refractivity contribution in [2.75, 3.05) is 20.3 Å². The zero-order valence-corrected chi connectivity index (χ0v) is 9.71. The minimum Gasteiger partial charge on any atom is -0.496 e. The maximum atomic E-state index is 8.72. The summed E-state index contributed by atoms with van der Waals surface area (Å²) in [4.78, 5) is 0. The molecule has 0 saturated heterocycles. The molecular weight excluding hydrogens is 214 g/mol. The number of hydrogen-bond acceptors (Lipinski definition) is 3. The van der Waals surface area contributed by atoms with E-state index in [0.717, 1.165) is 11.3 Å². The molecule has 15 heavy (non-hydrogen) atoms. The summed E-state index contributed by atoms with van der Waals surface area (Å²) in [5, 5.41) is 12.6. The second-order valence-corrected chi connectivity index (χ2v) is 3.72. The van der Waals surface area contributed by atoms with Crippen molar-refractivity contribution >= 4 is 11.6 Å². The molecule has 2 N–H and O–H groups in total. The molecule has 0 saturated carbocycles. The summed E-state index contributed by atoms with van der Waals surface area (Å²) in [5.74, 6) is 0.803. The fraction of sp³-hybridized carbons (Fsp3) is 0.455. The van der Waals surface area contributed by atoms with E-state index in [1.807, 2.05) is 19.1 Å². The van der Waals surface area contributed by atoms with Crippen molar-refractivity contribution in [2.45, 2.75) is 13.0 Å². The smallest absolute Gasteiger partial charge is 0.123 e. The molecule has 0 radical (unpaired) electrons. The van der Waals surface area contributed by atoms with E-state index in [-0.39, 0.29) is 12.6 Å². The number of ether oxygens (including phenoxy) is 1. The molecule has 4 heteroatoms. The maximum absolute atomic E-state index is 8.72. The fourth-order valence-electron chi connectivity index (χ4n) is 1.43. The second-order valence-electron chi connectivity index (χ2n) is 3.29. The summed E-state index contributed by atoms with van der Waals surface area (Å²) in [7, 11) is 1.63. The second kappa shape index (κ2) is 5.95. The van der Waals surface area contributed by atoms with E-state index in [9.17, 15) is 0 Å². The average molecular weight is 230 g/mol. The van der Waals surface area contributed by atoms with Crippen LogP contribution in [0.4, 0.5) is 0 Å². The number of rotatable bonds is 5. The van der Waals surface area contributed by atoms with Crippen molar-refractivity contribution in [3.63, 3.8) is 0 Å². The van der Waals surface area contributed by atoms with Gasteiger partial charge in [0.2, 0.25) is 0 Å². The first-order chi connectivity index (χ1) is 7.19. The first-order valence-corrected chi connectivity index (χ1v) is 5.24. The number of hydrogen-bond donors (Lipinski definition) is 2. The van der Waals surface area contributed by atoms with Crippen LogP contribution in [0, 0.1) is 0 Å². The minimum atomic E-state index is 0.103. The standard InChI is InChI=1S/C11H16ClNO2/c1-8(13-5-6-14)10-7-9(12)3-4-11(10)15-2/h3-4,7-8,13-14H,5-6H2,1-2H3. The summed E-state index contributed by atoms with van der Waals surface area (Å²) < 4.78 is 5.24. The average Bonchev–Trinajstić information content (AvgIpc) is 2.25. The lowest BCUT2D eigenvalue weighted by Gasteiger charge is -2.16. The molecule has 0 aromatic heterocycles. The lowest BCUT2D eigenvalue weighted by atomic mass is 10.1. The van der Waals surface area contributed by atoms with Gasteiger partial charge < -0.3 is 15.2 Å². The molecule has 84 valence electrons. The summed E-state index contributed by atoms with van der Waals surface area (Å²) in [6.45, 7) is 2.67. The molecule has 3 nitrogen and oxygen atoms in total. The molecule has 1 aromatic carbocycles. The third-order valence-electron chi connectivity index (χ3n) is 2.22. The summed E-state index contributed by atoms with van der Waals surface area (Å²) in [5.41, 5.74) is 0.999. The van der Waals surface area contributed by atoms with Crippen LogP contribution in [0.5, 0.6) is 5.75 Å². The van der Waals surface area contributed by atoms with Gasteiger partial charge in [-0.3, -0.25) is 0 Å². The van der Waals surface area contributed by atoms with Crippen molar-refractivity contribution in [3.8, 4) is 5.75 Å². The maximum Gasteiger partial charge on any atom is 0.123 e. The Labute approximate surface area is 95.0 Å². The Morgan fingerprint density at radius 3 is 2.87 bits per heavy atom. The lowest BCUT2D eigenvalue weighted by Crippen LogP contribution is -2.22. The van der Waals surface area contributed by atoms with Gasteiger partial charge in [-0.25, -0.2) is 0 Å². The number of halogens is 1. The highest BCUT2D eigenvalue weighted by molar-refractivity contribution is 6.30. The molecule has 0 amide bonds. The Morgan fingerprint density at radius 2 is 2.27 bits per heavy atom. The molecular formula is C11H16ClNO2. The Kier molecular flexibility index (Phi) is 4.88. The van der Waals surface area contributed by atoms with Crippen molar-refractivity contribution in [2.24, 2.45) is 0 Å². The van der Waals surface area contributed by atoms with Gasteiger partial charge in [-0.1, -0.05) is 11.6 Å². The molecule has 0 aliphatic carbocycles. The summed E-state index contributed by atoms with van der Waals surface area (Å²) >= 11 is 5.92. The molecule has 0 fully saturated rings. The molecule has 0 aliphatic rings. The largest absolute Gasteiger partial charge is 0.496 e. The predicted molar refractivity (Wildman–Crippen MR) is 61.5 cm³/mol. The van der Waals surface area contributed by atoms with Crippen molar-refractivity contribution in [3.05, 3.63) is 28.8 Å². The van der Waals surface area contributed by atoms with Gasteiger partial charge in [-0.2, -0.15) is 0 Å². The molecule has 0 bridgehead atoms. The third-order valence-corrected chi connectivity index (χ3v) is 2.46. The van der Waals surface area contributed by atoms with Crippen LogP contribution in [-0.2, 0) is 0 Å². The molecule has 0 spiro atoms. The van der Waals surface area contributed by atoms with Gasteiger partial charge in [0.05, 0.1) is 13.7 Å². The highest BCUT2D eigenvalue weighted by Crippen LogP contribution is 2.27. The molecule has 1 atom stereocenters. The SMILES string of the molecule is COc1ccc(Cl)cc1C(C)NCCO. The monoisotopic (exact) mass is 229 g/mol. The topological polar surface area (TPSA) is 41.5 Å². The molecule has 1 aromatic rings. The van der Waals surface area contributed by atoms with Crippen LogP contribution >= 0.6 is 11.6 Å². The van der Waals surface area contributed by atoms with Gasteiger partial charge in [0.1, 0.15) is 5.75 Å². The highest BCUT2D eigenvalue weighted by atomic mass is 35.5. The first kappa shape index (κ1) is 12.3. The Hall–Kier alpha value is -0.770. The van der Waals surface area contributed by atoms with E-state index in [1.165, 1.54) is 0 Å². The quantitative estimate of drug-likeness (QED) is 0.812. The fourth-order valence-corrected chi connectivity index (χ4v) is 1.62. The molecule has 0 aliphatic heterocycles. The lowest BCUT2D eigenvalue weighted by molar-refractivity contribution is 0.285. The van der Waals surface area contributed by atoms with Gasteiger partial charge in [0, 0.05) is 23.2 Å². The molecule has 1 unspecified atom stereocenters. The van der Waals surface area contributed by atoms with Crippen LogP contribution in [-0.4, -0.2) is 25.4 Å². The van der Waals surface area contributed by atoms with Crippen LogP contribution in [0.25, 0.3) is 0 Å². The van der Waals surface area contributed by atoms with Gasteiger partial charge in [0.25, 0.3) is 0 Å². The van der Waals surface area contributed by atoms with E-state index in [2.05, 4.69) is 5.32 Å². The van der Waals surface area contributed by atoms with Gasteiger partial charge >= 0.3 is 0 Å². The molecule has 1 rings (SSSR count). The van der Waals surface area contributed by atoms with Gasteiger partial charge in [-0.15, -0.1) is 0 Å². The van der Waals surface area contributed by atoms with E-state index in [4.69, 9.17) is 21.4 Å². The van der Waals surface area contributed by atoms with E-state index in [1.54, 1.807) is 13.2 Å².